The van der Waals surface area contributed by atoms with Crippen LogP contribution in [0.4, 0.5) is 13.2 Å². The average Bonchev–Trinajstić information content (AvgIpc) is 2.67. The number of alkyl halides is 3. The Bertz CT molecular complexity index is 431. The largest absolute Gasteiger partial charge is 0.458 e. The number of aryl methyl sites for hydroxylation is 1. The lowest BCUT2D eigenvalue weighted by Gasteiger charge is -2.07. The molecule has 0 saturated heterocycles. The van der Waals surface area contributed by atoms with Gasteiger partial charge in [0.2, 0.25) is 0 Å². The van der Waals surface area contributed by atoms with Crippen LogP contribution in [-0.4, -0.2) is 47.5 Å². The number of halogens is 3. The maximum atomic E-state index is 12.1. The van der Waals surface area contributed by atoms with Crippen LogP contribution in [0.2, 0.25) is 0 Å². The molecule has 0 bridgehead atoms. The third-order valence-electron chi connectivity index (χ3n) is 2.30. The van der Waals surface area contributed by atoms with Crippen molar-refractivity contribution in [2.45, 2.75) is 26.1 Å². The van der Waals surface area contributed by atoms with Crippen LogP contribution in [-0.2, 0) is 16.0 Å². The van der Waals surface area contributed by atoms with Gasteiger partial charge in [-0.2, -0.15) is 13.2 Å². The van der Waals surface area contributed by atoms with E-state index in [9.17, 15) is 18.0 Å². The highest BCUT2D eigenvalue weighted by atomic mass is 19.4. The first kappa shape index (κ1) is 15.4. The number of nitrogens with zero attached hydrogens (tertiary/aromatic N) is 3. The lowest BCUT2D eigenvalue weighted by Crippen LogP contribution is -2.15. The summed E-state index contributed by atoms with van der Waals surface area (Å²) in [4.78, 5) is 11.5. The van der Waals surface area contributed by atoms with Crippen LogP contribution in [0.1, 0.15) is 22.6 Å². The van der Waals surface area contributed by atoms with E-state index in [1.807, 2.05) is 0 Å². The van der Waals surface area contributed by atoms with Crippen molar-refractivity contribution in [3.63, 3.8) is 0 Å². The van der Waals surface area contributed by atoms with Crippen LogP contribution in [0.15, 0.2) is 0 Å². The minimum atomic E-state index is -4.28. The van der Waals surface area contributed by atoms with E-state index >= 15 is 0 Å². The van der Waals surface area contributed by atoms with Crippen LogP contribution in [0, 0.1) is 6.92 Å². The second-order valence-electron chi connectivity index (χ2n) is 3.74. The molecule has 0 amide bonds. The van der Waals surface area contributed by atoms with Crippen molar-refractivity contribution >= 4 is 5.97 Å². The molecule has 1 aromatic rings. The number of carbonyl (C=O) groups excluding carboxylic acids is 1. The van der Waals surface area contributed by atoms with Crippen LogP contribution < -0.4 is 0 Å². The second kappa shape index (κ2) is 6.50. The fourth-order valence-corrected chi connectivity index (χ4v) is 1.28. The van der Waals surface area contributed by atoms with Gasteiger partial charge in [-0.1, -0.05) is 5.21 Å². The molecular formula is C10H14F3N3O3. The van der Waals surface area contributed by atoms with E-state index in [2.05, 4.69) is 10.3 Å². The molecule has 0 N–H and O–H groups in total. The fraction of sp³-hybridized carbons (Fsp3) is 0.700. The zero-order valence-electron chi connectivity index (χ0n) is 10.5. The van der Waals surface area contributed by atoms with E-state index in [0.29, 0.717) is 0 Å². The molecule has 9 heteroatoms. The molecule has 19 heavy (non-hydrogen) atoms. The molecule has 0 radical (unpaired) electrons. The van der Waals surface area contributed by atoms with Gasteiger partial charge in [-0.3, -0.25) is 0 Å². The molecule has 1 aromatic heterocycles. The van der Waals surface area contributed by atoms with Crippen LogP contribution in [0.3, 0.4) is 0 Å². The summed E-state index contributed by atoms with van der Waals surface area (Å²) in [7, 11) is 1.45. The smallest absolute Gasteiger partial charge is 0.390 e. The van der Waals surface area contributed by atoms with Gasteiger partial charge in [0.25, 0.3) is 0 Å². The van der Waals surface area contributed by atoms with Crippen LogP contribution in [0.5, 0.6) is 0 Å². The zero-order chi connectivity index (χ0) is 14.5. The molecule has 0 aromatic carbocycles. The Balaban J connectivity index is 2.62. The number of methoxy groups -OCH3 is 1. The summed E-state index contributed by atoms with van der Waals surface area (Å²) in [6.45, 7) is 1.36. The highest BCUT2D eigenvalue weighted by molar-refractivity contribution is 5.88. The number of rotatable bonds is 6. The normalized spacial score (nSPS) is 11.6. The van der Waals surface area contributed by atoms with Gasteiger partial charge in [-0.05, 0) is 6.92 Å². The van der Waals surface area contributed by atoms with Crippen molar-refractivity contribution < 1.29 is 27.4 Å². The zero-order valence-corrected chi connectivity index (χ0v) is 10.5. The van der Waals surface area contributed by atoms with Crippen molar-refractivity contribution in [1.82, 2.24) is 15.0 Å². The summed E-state index contributed by atoms with van der Waals surface area (Å²) in [5.41, 5.74) is 0.157. The van der Waals surface area contributed by atoms with Gasteiger partial charge in [0.1, 0.15) is 6.61 Å². The molecule has 1 heterocycles. The SMILES string of the molecule is COCCOC(=O)c1nnn(CCC(F)(F)F)c1C. The van der Waals surface area contributed by atoms with Crippen molar-refractivity contribution in [3.05, 3.63) is 11.4 Å². The van der Waals surface area contributed by atoms with Crippen LogP contribution in [0.25, 0.3) is 0 Å². The molecule has 0 aliphatic rings. The monoisotopic (exact) mass is 281 g/mol. The summed E-state index contributed by atoms with van der Waals surface area (Å²) in [5.74, 6) is -0.729. The summed E-state index contributed by atoms with van der Waals surface area (Å²) in [6, 6.07) is 0. The third-order valence-corrected chi connectivity index (χ3v) is 2.30. The van der Waals surface area contributed by atoms with Gasteiger partial charge in [-0.15, -0.1) is 5.10 Å². The van der Waals surface area contributed by atoms with Crippen molar-refractivity contribution in [1.29, 1.82) is 0 Å². The van der Waals surface area contributed by atoms with Crippen molar-refractivity contribution in [2.24, 2.45) is 0 Å². The summed E-state index contributed by atoms with van der Waals surface area (Å²) in [5, 5.41) is 7.03. The molecule has 0 aliphatic heterocycles. The lowest BCUT2D eigenvalue weighted by molar-refractivity contribution is -0.137. The van der Waals surface area contributed by atoms with E-state index in [0.717, 1.165) is 4.68 Å². The molecule has 0 unspecified atom stereocenters. The summed E-state index contributed by atoms with van der Waals surface area (Å²) < 4.78 is 46.8. The summed E-state index contributed by atoms with van der Waals surface area (Å²) >= 11 is 0. The van der Waals surface area contributed by atoms with Gasteiger partial charge in [-0.25, -0.2) is 9.48 Å². The highest BCUT2D eigenvalue weighted by Gasteiger charge is 2.28. The Morgan fingerprint density at radius 2 is 2.05 bits per heavy atom. The topological polar surface area (TPSA) is 66.2 Å². The van der Waals surface area contributed by atoms with Gasteiger partial charge < -0.3 is 9.47 Å². The second-order valence-corrected chi connectivity index (χ2v) is 3.74. The maximum Gasteiger partial charge on any atom is 0.390 e. The molecule has 0 saturated carbocycles. The van der Waals surface area contributed by atoms with Gasteiger partial charge in [0.05, 0.1) is 25.3 Å². The Labute approximate surface area is 107 Å². The standard InChI is InChI=1S/C10H14F3N3O3/c1-7-8(9(17)19-6-5-18-2)14-15-16(7)4-3-10(11,12)13/h3-6H2,1-2H3. The van der Waals surface area contributed by atoms with E-state index < -0.39 is 18.6 Å². The van der Waals surface area contributed by atoms with Gasteiger partial charge in [0.15, 0.2) is 5.69 Å². The molecule has 108 valence electrons. The third kappa shape index (κ3) is 4.86. The molecular weight excluding hydrogens is 267 g/mol. The predicted octanol–water partition coefficient (Wildman–Crippen LogP) is 1.34. The lowest BCUT2D eigenvalue weighted by atomic mass is 10.3. The van der Waals surface area contributed by atoms with Crippen molar-refractivity contribution in [3.8, 4) is 0 Å². The highest BCUT2D eigenvalue weighted by Crippen LogP contribution is 2.20. The predicted molar refractivity (Wildman–Crippen MR) is 57.6 cm³/mol. The molecule has 0 atom stereocenters. The molecule has 0 fully saturated rings. The van der Waals surface area contributed by atoms with Crippen LogP contribution >= 0.6 is 0 Å². The summed E-state index contributed by atoms with van der Waals surface area (Å²) in [6.07, 6.45) is -5.31. The Hall–Kier alpha value is -1.64. The molecule has 0 aliphatic carbocycles. The minimum absolute atomic E-state index is 0.0458. The first-order chi connectivity index (χ1) is 8.85. The van der Waals surface area contributed by atoms with E-state index in [1.165, 1.54) is 14.0 Å². The Morgan fingerprint density at radius 3 is 2.63 bits per heavy atom. The van der Waals surface area contributed by atoms with E-state index in [4.69, 9.17) is 9.47 Å². The number of esters is 1. The average molecular weight is 281 g/mol. The molecule has 0 spiro atoms. The minimum Gasteiger partial charge on any atom is -0.458 e. The quantitative estimate of drug-likeness (QED) is 0.581. The fourth-order valence-electron chi connectivity index (χ4n) is 1.28. The van der Waals surface area contributed by atoms with Crippen molar-refractivity contribution in [2.75, 3.05) is 20.3 Å². The molecule has 6 nitrogen and oxygen atoms in total. The van der Waals surface area contributed by atoms with E-state index in [1.54, 1.807) is 0 Å². The van der Waals surface area contributed by atoms with Gasteiger partial charge >= 0.3 is 12.1 Å². The Kier molecular flexibility index (Phi) is 5.28. The maximum absolute atomic E-state index is 12.1. The number of aromatic nitrogens is 3. The number of carbonyl (C=O) groups is 1. The number of hydrogen-bond acceptors (Lipinski definition) is 5. The first-order valence-electron chi connectivity index (χ1n) is 5.48. The van der Waals surface area contributed by atoms with E-state index in [-0.39, 0.29) is 31.1 Å². The number of hydrogen-bond donors (Lipinski definition) is 0. The number of ether oxygens (including phenoxy) is 2. The van der Waals surface area contributed by atoms with Gasteiger partial charge in [0, 0.05) is 7.11 Å². The first-order valence-corrected chi connectivity index (χ1v) is 5.48. The Morgan fingerprint density at radius 1 is 1.37 bits per heavy atom. The molecule has 1 rings (SSSR count).